The van der Waals surface area contributed by atoms with Gasteiger partial charge in [-0.2, -0.15) is 0 Å². The first kappa shape index (κ1) is 14.9. The molecular formula is C17H25NO2. The molecule has 0 bridgehead atoms. The summed E-state index contributed by atoms with van der Waals surface area (Å²) in [5, 5.41) is 0. The van der Waals surface area contributed by atoms with Crippen molar-refractivity contribution in [3.63, 3.8) is 0 Å². The Hall–Kier alpha value is -1.51. The van der Waals surface area contributed by atoms with Crippen molar-refractivity contribution in [1.82, 2.24) is 4.90 Å². The van der Waals surface area contributed by atoms with Crippen molar-refractivity contribution in [2.45, 2.75) is 45.4 Å². The molecule has 0 N–H and O–H groups in total. The Morgan fingerprint density at radius 2 is 2.05 bits per heavy atom. The van der Waals surface area contributed by atoms with Gasteiger partial charge in [-0.3, -0.25) is 4.79 Å². The smallest absolute Gasteiger partial charge is 0.260 e. The van der Waals surface area contributed by atoms with Crippen LogP contribution in [0.4, 0.5) is 0 Å². The van der Waals surface area contributed by atoms with E-state index in [1.54, 1.807) is 0 Å². The molecule has 0 radical (unpaired) electrons. The van der Waals surface area contributed by atoms with Crippen molar-refractivity contribution in [1.29, 1.82) is 0 Å². The summed E-state index contributed by atoms with van der Waals surface area (Å²) >= 11 is 0. The predicted molar refractivity (Wildman–Crippen MR) is 81.1 cm³/mol. The van der Waals surface area contributed by atoms with E-state index in [1.807, 2.05) is 17.0 Å². The van der Waals surface area contributed by atoms with E-state index >= 15 is 0 Å². The highest BCUT2D eigenvalue weighted by atomic mass is 16.5. The predicted octanol–water partition coefficient (Wildman–Crippen LogP) is 3.59. The molecule has 0 aromatic heterocycles. The summed E-state index contributed by atoms with van der Waals surface area (Å²) in [5.74, 6) is 1.43. The average Bonchev–Trinajstić information content (AvgIpc) is 2.53. The van der Waals surface area contributed by atoms with Crippen molar-refractivity contribution in [2.75, 3.05) is 19.7 Å². The fourth-order valence-corrected chi connectivity index (χ4v) is 2.53. The minimum absolute atomic E-state index is 0.110. The number of hydrogen-bond acceptors (Lipinski definition) is 2. The van der Waals surface area contributed by atoms with E-state index in [1.165, 1.54) is 12.0 Å². The molecule has 1 aliphatic rings. The number of amides is 1. The molecule has 1 heterocycles. The minimum Gasteiger partial charge on any atom is -0.484 e. The number of rotatable bonds is 5. The third-order valence-corrected chi connectivity index (χ3v) is 4.11. The summed E-state index contributed by atoms with van der Waals surface area (Å²) in [7, 11) is 0. The summed E-state index contributed by atoms with van der Waals surface area (Å²) < 4.78 is 5.67. The number of carbonyl (C=O) groups excluding carboxylic acids is 1. The zero-order chi connectivity index (χ0) is 14.4. The summed E-state index contributed by atoms with van der Waals surface area (Å²) in [4.78, 5) is 14.0. The van der Waals surface area contributed by atoms with Gasteiger partial charge < -0.3 is 9.64 Å². The molecule has 20 heavy (non-hydrogen) atoms. The van der Waals surface area contributed by atoms with Crippen LogP contribution in [0, 0.1) is 0 Å². The number of piperidine rings is 1. The summed E-state index contributed by atoms with van der Waals surface area (Å²) in [6.07, 6.45) is 4.59. The molecule has 1 aromatic carbocycles. The first-order valence-electron chi connectivity index (χ1n) is 7.71. The lowest BCUT2D eigenvalue weighted by Crippen LogP contribution is -2.38. The third-order valence-electron chi connectivity index (χ3n) is 4.11. The van der Waals surface area contributed by atoms with E-state index in [4.69, 9.17) is 4.74 Å². The van der Waals surface area contributed by atoms with Crippen LogP contribution in [0.5, 0.6) is 5.75 Å². The molecule has 1 fully saturated rings. The highest BCUT2D eigenvalue weighted by Crippen LogP contribution is 2.23. The molecule has 1 aromatic rings. The van der Waals surface area contributed by atoms with E-state index in [2.05, 4.69) is 26.0 Å². The maximum atomic E-state index is 12.0. The van der Waals surface area contributed by atoms with Gasteiger partial charge in [-0.15, -0.1) is 0 Å². The Kier molecular flexibility index (Phi) is 5.45. The standard InChI is InChI=1S/C17H25NO2/c1-3-14(2)15-8-7-9-16(12-15)20-13-17(19)18-10-5-4-6-11-18/h7-9,12,14H,3-6,10-11,13H2,1-2H3. The normalized spacial score (nSPS) is 16.8. The van der Waals surface area contributed by atoms with Crippen LogP contribution in [0.1, 0.15) is 51.0 Å². The van der Waals surface area contributed by atoms with Gasteiger partial charge in [0.1, 0.15) is 5.75 Å². The molecule has 1 unspecified atom stereocenters. The molecule has 110 valence electrons. The zero-order valence-corrected chi connectivity index (χ0v) is 12.6. The number of carbonyl (C=O) groups is 1. The molecule has 0 spiro atoms. The topological polar surface area (TPSA) is 29.5 Å². The SMILES string of the molecule is CCC(C)c1cccc(OCC(=O)N2CCCCC2)c1. The van der Waals surface area contributed by atoms with Gasteiger partial charge in [0, 0.05) is 13.1 Å². The molecule has 1 atom stereocenters. The second kappa shape index (κ2) is 7.32. The summed E-state index contributed by atoms with van der Waals surface area (Å²) in [6.45, 7) is 6.31. The molecular weight excluding hydrogens is 250 g/mol. The maximum absolute atomic E-state index is 12.0. The number of hydrogen-bond donors (Lipinski definition) is 0. The minimum atomic E-state index is 0.110. The Morgan fingerprint density at radius 3 is 2.75 bits per heavy atom. The van der Waals surface area contributed by atoms with Gasteiger partial charge >= 0.3 is 0 Å². The van der Waals surface area contributed by atoms with Crippen LogP contribution in [0.2, 0.25) is 0 Å². The zero-order valence-electron chi connectivity index (χ0n) is 12.6. The Morgan fingerprint density at radius 1 is 1.30 bits per heavy atom. The lowest BCUT2D eigenvalue weighted by Gasteiger charge is -2.26. The van der Waals surface area contributed by atoms with Crippen LogP contribution in [0.15, 0.2) is 24.3 Å². The molecule has 2 rings (SSSR count). The first-order valence-corrected chi connectivity index (χ1v) is 7.71. The fraction of sp³-hybridized carbons (Fsp3) is 0.588. The average molecular weight is 275 g/mol. The van der Waals surface area contributed by atoms with E-state index in [0.29, 0.717) is 5.92 Å². The van der Waals surface area contributed by atoms with Crippen molar-refractivity contribution >= 4 is 5.91 Å². The van der Waals surface area contributed by atoms with E-state index in [0.717, 1.165) is 38.1 Å². The molecule has 0 aliphatic carbocycles. The molecule has 0 saturated carbocycles. The molecule has 3 heteroatoms. The van der Waals surface area contributed by atoms with Crippen molar-refractivity contribution in [3.05, 3.63) is 29.8 Å². The maximum Gasteiger partial charge on any atom is 0.260 e. The monoisotopic (exact) mass is 275 g/mol. The first-order chi connectivity index (χ1) is 9.70. The summed E-state index contributed by atoms with van der Waals surface area (Å²) in [5.41, 5.74) is 1.27. The Balaban J connectivity index is 1.88. The van der Waals surface area contributed by atoms with Crippen molar-refractivity contribution in [2.24, 2.45) is 0 Å². The van der Waals surface area contributed by atoms with Gasteiger partial charge in [-0.05, 0) is 49.3 Å². The number of likely N-dealkylation sites (tertiary alicyclic amines) is 1. The molecule has 1 aliphatic heterocycles. The van der Waals surface area contributed by atoms with Gasteiger partial charge in [0.15, 0.2) is 6.61 Å². The molecule has 1 saturated heterocycles. The lowest BCUT2D eigenvalue weighted by atomic mass is 9.99. The van der Waals surface area contributed by atoms with Crippen LogP contribution in [-0.4, -0.2) is 30.5 Å². The second-order valence-corrected chi connectivity index (χ2v) is 5.61. The van der Waals surface area contributed by atoms with Crippen molar-refractivity contribution < 1.29 is 9.53 Å². The number of nitrogens with zero attached hydrogens (tertiary/aromatic N) is 1. The van der Waals surface area contributed by atoms with E-state index in [9.17, 15) is 4.79 Å². The highest BCUT2D eigenvalue weighted by molar-refractivity contribution is 5.77. The highest BCUT2D eigenvalue weighted by Gasteiger charge is 2.16. The fourth-order valence-electron chi connectivity index (χ4n) is 2.53. The van der Waals surface area contributed by atoms with Gasteiger partial charge in [0.05, 0.1) is 0 Å². The number of benzene rings is 1. The number of ether oxygens (including phenoxy) is 1. The van der Waals surface area contributed by atoms with Crippen LogP contribution >= 0.6 is 0 Å². The Labute approximate surface area is 121 Å². The van der Waals surface area contributed by atoms with Crippen LogP contribution < -0.4 is 4.74 Å². The quantitative estimate of drug-likeness (QED) is 0.822. The van der Waals surface area contributed by atoms with E-state index in [-0.39, 0.29) is 12.5 Å². The van der Waals surface area contributed by atoms with E-state index < -0.39 is 0 Å². The van der Waals surface area contributed by atoms with Crippen LogP contribution in [0.3, 0.4) is 0 Å². The van der Waals surface area contributed by atoms with Crippen LogP contribution in [-0.2, 0) is 4.79 Å². The lowest BCUT2D eigenvalue weighted by molar-refractivity contribution is -0.134. The summed E-state index contributed by atoms with van der Waals surface area (Å²) in [6, 6.07) is 8.10. The van der Waals surface area contributed by atoms with Crippen LogP contribution in [0.25, 0.3) is 0 Å². The largest absolute Gasteiger partial charge is 0.484 e. The van der Waals surface area contributed by atoms with Gasteiger partial charge in [-0.25, -0.2) is 0 Å². The Bertz CT molecular complexity index is 438. The third kappa shape index (κ3) is 3.99. The molecule has 1 amide bonds. The molecule has 3 nitrogen and oxygen atoms in total. The van der Waals surface area contributed by atoms with Crippen molar-refractivity contribution in [3.8, 4) is 5.75 Å². The second-order valence-electron chi connectivity index (χ2n) is 5.61. The van der Waals surface area contributed by atoms with Gasteiger partial charge in [-0.1, -0.05) is 26.0 Å². The van der Waals surface area contributed by atoms with Gasteiger partial charge in [0.25, 0.3) is 5.91 Å². The van der Waals surface area contributed by atoms with Gasteiger partial charge in [0.2, 0.25) is 0 Å².